The van der Waals surface area contributed by atoms with Crippen molar-refractivity contribution < 1.29 is 23.5 Å². The Morgan fingerprint density at radius 3 is 2.45 bits per heavy atom. The number of benzene rings is 1. The van der Waals surface area contributed by atoms with Crippen LogP contribution in [0.2, 0.25) is 0 Å². The van der Waals surface area contributed by atoms with Gasteiger partial charge in [-0.2, -0.15) is 0 Å². The SMILES string of the molecule is CCC1(C(=O)O)CCCN1C(=O)c1c(F)cccc1F. The number of hydrogen-bond acceptors (Lipinski definition) is 2. The van der Waals surface area contributed by atoms with Gasteiger partial charge in [0.25, 0.3) is 5.91 Å². The zero-order chi connectivity index (χ0) is 14.9. The van der Waals surface area contributed by atoms with Gasteiger partial charge in [0.2, 0.25) is 0 Å². The molecule has 0 bridgehead atoms. The van der Waals surface area contributed by atoms with Crippen molar-refractivity contribution in [3.63, 3.8) is 0 Å². The van der Waals surface area contributed by atoms with Crippen molar-refractivity contribution in [1.82, 2.24) is 4.90 Å². The van der Waals surface area contributed by atoms with E-state index in [2.05, 4.69) is 0 Å². The highest BCUT2D eigenvalue weighted by Crippen LogP contribution is 2.34. The second-order valence-electron chi connectivity index (χ2n) is 4.85. The first-order valence-electron chi connectivity index (χ1n) is 6.43. The summed E-state index contributed by atoms with van der Waals surface area (Å²) in [5, 5.41) is 9.39. The fourth-order valence-electron chi connectivity index (χ4n) is 2.75. The Hall–Kier alpha value is -1.98. The van der Waals surface area contributed by atoms with Crippen LogP contribution in [0.3, 0.4) is 0 Å². The minimum Gasteiger partial charge on any atom is -0.479 e. The van der Waals surface area contributed by atoms with E-state index in [0.29, 0.717) is 12.8 Å². The molecule has 1 aromatic carbocycles. The van der Waals surface area contributed by atoms with Gasteiger partial charge in [-0.05, 0) is 31.4 Å². The molecular formula is C14H15F2NO3. The molecule has 1 amide bonds. The van der Waals surface area contributed by atoms with Gasteiger partial charge in [0.15, 0.2) is 0 Å². The zero-order valence-corrected chi connectivity index (χ0v) is 11.0. The molecule has 0 aromatic heterocycles. The third kappa shape index (κ3) is 2.05. The molecule has 0 spiro atoms. The van der Waals surface area contributed by atoms with Gasteiger partial charge in [0, 0.05) is 6.54 Å². The number of halogens is 2. The quantitative estimate of drug-likeness (QED) is 0.927. The lowest BCUT2D eigenvalue weighted by Gasteiger charge is -2.34. The van der Waals surface area contributed by atoms with E-state index in [-0.39, 0.29) is 13.0 Å². The summed E-state index contributed by atoms with van der Waals surface area (Å²) in [6, 6.07) is 3.14. The topological polar surface area (TPSA) is 57.6 Å². The summed E-state index contributed by atoms with van der Waals surface area (Å²) in [5.41, 5.74) is -2.06. The molecule has 1 fully saturated rings. The van der Waals surface area contributed by atoms with Gasteiger partial charge in [-0.25, -0.2) is 13.6 Å². The third-order valence-electron chi connectivity index (χ3n) is 3.89. The third-order valence-corrected chi connectivity index (χ3v) is 3.89. The Labute approximate surface area is 115 Å². The highest BCUT2D eigenvalue weighted by molar-refractivity contribution is 5.98. The Kier molecular flexibility index (Phi) is 3.74. The van der Waals surface area contributed by atoms with Crippen LogP contribution in [-0.4, -0.2) is 34.0 Å². The molecule has 1 saturated heterocycles. The van der Waals surface area contributed by atoms with Crippen molar-refractivity contribution >= 4 is 11.9 Å². The smallest absolute Gasteiger partial charge is 0.329 e. The number of amides is 1. The van der Waals surface area contributed by atoms with Gasteiger partial charge < -0.3 is 10.0 Å². The van der Waals surface area contributed by atoms with Gasteiger partial charge in [0.1, 0.15) is 22.7 Å². The number of rotatable bonds is 3. The van der Waals surface area contributed by atoms with Crippen molar-refractivity contribution in [1.29, 1.82) is 0 Å². The van der Waals surface area contributed by atoms with Crippen molar-refractivity contribution in [3.05, 3.63) is 35.4 Å². The average molecular weight is 283 g/mol. The lowest BCUT2D eigenvalue weighted by Crippen LogP contribution is -2.53. The first-order valence-corrected chi connectivity index (χ1v) is 6.43. The second kappa shape index (κ2) is 5.19. The maximum absolute atomic E-state index is 13.7. The number of hydrogen-bond donors (Lipinski definition) is 1. The van der Waals surface area contributed by atoms with Gasteiger partial charge in [-0.15, -0.1) is 0 Å². The lowest BCUT2D eigenvalue weighted by atomic mass is 9.92. The number of carbonyl (C=O) groups excluding carboxylic acids is 1. The summed E-state index contributed by atoms with van der Waals surface area (Å²) < 4.78 is 27.4. The summed E-state index contributed by atoms with van der Waals surface area (Å²) in [6.07, 6.45) is 0.993. The normalized spacial score (nSPS) is 22.1. The highest BCUT2D eigenvalue weighted by atomic mass is 19.1. The monoisotopic (exact) mass is 283 g/mol. The summed E-state index contributed by atoms with van der Waals surface area (Å²) in [6.45, 7) is 1.84. The standard InChI is InChI=1S/C14H15F2NO3/c1-2-14(13(19)20)7-4-8-17(14)12(18)11-9(15)5-3-6-10(11)16/h3,5-6H,2,4,7-8H2,1H3,(H,19,20). The molecule has 1 heterocycles. The molecule has 4 nitrogen and oxygen atoms in total. The van der Waals surface area contributed by atoms with E-state index in [1.807, 2.05) is 0 Å². The molecule has 1 aromatic rings. The van der Waals surface area contributed by atoms with E-state index in [0.717, 1.165) is 23.1 Å². The number of carboxylic acids is 1. The van der Waals surface area contributed by atoms with E-state index in [1.165, 1.54) is 0 Å². The van der Waals surface area contributed by atoms with E-state index >= 15 is 0 Å². The van der Waals surface area contributed by atoms with Crippen molar-refractivity contribution in [2.45, 2.75) is 31.7 Å². The minimum absolute atomic E-state index is 0.187. The van der Waals surface area contributed by atoms with Gasteiger partial charge in [-0.3, -0.25) is 4.79 Å². The van der Waals surface area contributed by atoms with Crippen LogP contribution in [0.5, 0.6) is 0 Å². The summed E-state index contributed by atoms with van der Waals surface area (Å²) in [4.78, 5) is 24.9. The summed E-state index contributed by atoms with van der Waals surface area (Å²) >= 11 is 0. The zero-order valence-electron chi connectivity index (χ0n) is 11.0. The minimum atomic E-state index is -1.37. The Bertz CT molecular complexity index is 541. The molecule has 6 heteroatoms. The Morgan fingerprint density at radius 1 is 1.35 bits per heavy atom. The average Bonchev–Trinajstić information content (AvgIpc) is 2.83. The fraction of sp³-hybridized carbons (Fsp3) is 0.429. The fourth-order valence-corrected chi connectivity index (χ4v) is 2.75. The molecule has 0 aliphatic carbocycles. The van der Waals surface area contributed by atoms with E-state index < -0.39 is 34.6 Å². The molecule has 1 aliphatic rings. The summed E-state index contributed by atoms with van der Waals surface area (Å²) in [7, 11) is 0. The van der Waals surface area contributed by atoms with Crippen LogP contribution in [0.25, 0.3) is 0 Å². The molecule has 0 saturated carbocycles. The van der Waals surface area contributed by atoms with Crippen LogP contribution in [0.1, 0.15) is 36.5 Å². The number of carboxylic acid groups (broad SMARTS) is 1. The molecule has 1 aliphatic heterocycles. The molecule has 0 radical (unpaired) electrons. The van der Waals surface area contributed by atoms with Crippen LogP contribution in [0, 0.1) is 11.6 Å². The molecular weight excluding hydrogens is 268 g/mol. The highest BCUT2D eigenvalue weighted by Gasteiger charge is 2.49. The first-order chi connectivity index (χ1) is 9.44. The van der Waals surface area contributed by atoms with Crippen LogP contribution >= 0.6 is 0 Å². The number of aliphatic carboxylic acids is 1. The van der Waals surface area contributed by atoms with Gasteiger partial charge in [0.05, 0.1) is 0 Å². The first kappa shape index (κ1) is 14.4. The number of carbonyl (C=O) groups is 2. The maximum atomic E-state index is 13.7. The summed E-state index contributed by atoms with van der Waals surface area (Å²) in [5.74, 6) is -3.99. The second-order valence-corrected chi connectivity index (χ2v) is 4.85. The molecule has 20 heavy (non-hydrogen) atoms. The maximum Gasteiger partial charge on any atom is 0.329 e. The van der Waals surface area contributed by atoms with Crippen molar-refractivity contribution in [3.8, 4) is 0 Å². The molecule has 1 unspecified atom stereocenters. The van der Waals surface area contributed by atoms with Gasteiger partial charge >= 0.3 is 5.97 Å². The largest absolute Gasteiger partial charge is 0.479 e. The van der Waals surface area contributed by atoms with Crippen LogP contribution in [-0.2, 0) is 4.79 Å². The molecule has 1 atom stereocenters. The number of nitrogens with zero attached hydrogens (tertiary/aromatic N) is 1. The van der Waals surface area contributed by atoms with E-state index in [4.69, 9.17) is 0 Å². The molecule has 1 N–H and O–H groups in total. The predicted octanol–water partition coefficient (Wildman–Crippen LogP) is 2.43. The van der Waals surface area contributed by atoms with Crippen LogP contribution < -0.4 is 0 Å². The van der Waals surface area contributed by atoms with Gasteiger partial charge in [-0.1, -0.05) is 13.0 Å². The van der Waals surface area contributed by atoms with Crippen molar-refractivity contribution in [2.24, 2.45) is 0 Å². The predicted molar refractivity (Wildman–Crippen MR) is 67.3 cm³/mol. The van der Waals surface area contributed by atoms with Crippen molar-refractivity contribution in [2.75, 3.05) is 6.54 Å². The lowest BCUT2D eigenvalue weighted by molar-refractivity contribution is -0.148. The van der Waals surface area contributed by atoms with E-state index in [9.17, 15) is 23.5 Å². The Balaban J connectivity index is 2.45. The van der Waals surface area contributed by atoms with Crippen LogP contribution in [0.4, 0.5) is 8.78 Å². The Morgan fingerprint density at radius 2 is 1.95 bits per heavy atom. The van der Waals surface area contributed by atoms with E-state index in [1.54, 1.807) is 6.92 Å². The molecule has 108 valence electrons. The molecule has 2 rings (SSSR count). The number of likely N-dealkylation sites (tertiary alicyclic amines) is 1. The van der Waals surface area contributed by atoms with Crippen LogP contribution in [0.15, 0.2) is 18.2 Å².